The average Bonchev–Trinajstić information content (AvgIpc) is 2.82. The van der Waals surface area contributed by atoms with Gasteiger partial charge in [0.25, 0.3) is 0 Å². The Hall–Kier alpha value is -1.40. The number of thiazole rings is 1. The maximum absolute atomic E-state index is 11.4. The molecule has 0 bridgehead atoms. The van der Waals surface area contributed by atoms with Crippen molar-refractivity contribution in [3.05, 3.63) is 40.8 Å². The van der Waals surface area contributed by atoms with E-state index in [0.717, 1.165) is 10.7 Å². The normalized spacial score (nSPS) is 12.4. The predicted octanol–water partition coefficient (Wildman–Crippen LogP) is 2.89. The molecule has 0 saturated heterocycles. The van der Waals surface area contributed by atoms with Crippen LogP contribution < -0.4 is 5.32 Å². The molecule has 2 aromatic rings. The molecule has 1 aromatic heterocycles. The fraction of sp³-hybridized carbons (Fsp3) is 0.308. The van der Waals surface area contributed by atoms with Crippen LogP contribution in [0.25, 0.3) is 0 Å². The van der Waals surface area contributed by atoms with Gasteiger partial charge in [0, 0.05) is 23.5 Å². The molecule has 0 amide bonds. The minimum Gasteiger partial charge on any atom is -0.374 e. The highest BCUT2D eigenvalue weighted by Crippen LogP contribution is 2.27. The molecule has 0 spiro atoms. The first-order valence-electron chi connectivity index (χ1n) is 5.77. The Morgan fingerprint density at radius 3 is 2.32 bits per heavy atom. The van der Waals surface area contributed by atoms with Gasteiger partial charge in [-0.25, -0.2) is 13.4 Å². The van der Waals surface area contributed by atoms with Crippen LogP contribution in [0, 0.1) is 0 Å². The summed E-state index contributed by atoms with van der Waals surface area (Å²) in [4.78, 5) is 4.63. The van der Waals surface area contributed by atoms with Crippen LogP contribution in [0.3, 0.4) is 0 Å². The van der Waals surface area contributed by atoms with Crippen molar-refractivity contribution in [1.82, 2.24) is 4.98 Å². The standard InChI is InChI=1S/C13H16N2O2S2/c1-13(2,12-14-8-9-18-12)15-10-4-6-11(7-5-10)19(3,16)17/h4-9,15H,1-3H3. The van der Waals surface area contributed by atoms with E-state index >= 15 is 0 Å². The molecule has 0 aliphatic rings. The zero-order valence-electron chi connectivity index (χ0n) is 11.0. The second kappa shape index (κ2) is 4.94. The van der Waals surface area contributed by atoms with Crippen LogP contribution in [0.1, 0.15) is 18.9 Å². The summed E-state index contributed by atoms with van der Waals surface area (Å²) in [7, 11) is -3.14. The van der Waals surface area contributed by atoms with Gasteiger partial charge in [-0.05, 0) is 38.1 Å². The fourth-order valence-corrected chi connectivity index (χ4v) is 3.08. The van der Waals surface area contributed by atoms with Gasteiger partial charge in [0.1, 0.15) is 5.01 Å². The lowest BCUT2D eigenvalue weighted by atomic mass is 10.1. The first-order valence-corrected chi connectivity index (χ1v) is 8.54. The van der Waals surface area contributed by atoms with Gasteiger partial charge in [0.05, 0.1) is 10.4 Å². The quantitative estimate of drug-likeness (QED) is 0.942. The van der Waals surface area contributed by atoms with Gasteiger partial charge < -0.3 is 5.32 Å². The number of rotatable bonds is 4. The summed E-state index contributed by atoms with van der Waals surface area (Å²) in [5.74, 6) is 0. The number of anilines is 1. The van der Waals surface area contributed by atoms with Gasteiger partial charge in [-0.2, -0.15) is 0 Å². The molecule has 6 heteroatoms. The van der Waals surface area contributed by atoms with Gasteiger partial charge >= 0.3 is 0 Å². The number of hydrogen-bond donors (Lipinski definition) is 1. The van der Waals surface area contributed by atoms with Crippen LogP contribution in [-0.2, 0) is 15.4 Å². The summed E-state index contributed by atoms with van der Waals surface area (Å²) in [5.41, 5.74) is 0.577. The lowest BCUT2D eigenvalue weighted by molar-refractivity contribution is 0.601. The largest absolute Gasteiger partial charge is 0.374 e. The Balaban J connectivity index is 2.21. The minimum absolute atomic E-state index is 0.291. The molecule has 0 unspecified atom stereocenters. The maximum Gasteiger partial charge on any atom is 0.175 e. The third kappa shape index (κ3) is 3.33. The first kappa shape index (κ1) is 14.0. The second-order valence-corrected chi connectivity index (χ2v) is 7.79. The molecule has 0 radical (unpaired) electrons. The van der Waals surface area contributed by atoms with Crippen molar-refractivity contribution in [3.8, 4) is 0 Å². The van der Waals surface area contributed by atoms with Crippen LogP contribution >= 0.6 is 11.3 Å². The molecule has 0 aliphatic heterocycles. The van der Waals surface area contributed by atoms with E-state index in [1.807, 2.05) is 19.2 Å². The van der Waals surface area contributed by atoms with E-state index < -0.39 is 9.84 Å². The number of aromatic nitrogens is 1. The van der Waals surface area contributed by atoms with Crippen molar-refractivity contribution in [1.29, 1.82) is 0 Å². The highest BCUT2D eigenvalue weighted by molar-refractivity contribution is 7.90. The maximum atomic E-state index is 11.4. The minimum atomic E-state index is -3.14. The van der Waals surface area contributed by atoms with E-state index in [1.165, 1.54) is 6.26 Å². The highest BCUT2D eigenvalue weighted by Gasteiger charge is 2.22. The van der Waals surface area contributed by atoms with Crippen molar-refractivity contribution in [3.63, 3.8) is 0 Å². The zero-order valence-corrected chi connectivity index (χ0v) is 12.7. The van der Waals surface area contributed by atoms with E-state index in [2.05, 4.69) is 10.3 Å². The zero-order chi connectivity index (χ0) is 14.1. The molecule has 1 aromatic carbocycles. The molecule has 0 saturated carbocycles. The number of sulfone groups is 1. The van der Waals surface area contributed by atoms with Crippen LogP contribution in [0.15, 0.2) is 40.7 Å². The van der Waals surface area contributed by atoms with Crippen molar-refractivity contribution < 1.29 is 8.42 Å². The Morgan fingerprint density at radius 1 is 1.21 bits per heavy atom. The van der Waals surface area contributed by atoms with E-state index in [1.54, 1.807) is 41.8 Å². The van der Waals surface area contributed by atoms with Gasteiger partial charge in [-0.1, -0.05) is 0 Å². The third-order valence-electron chi connectivity index (χ3n) is 2.71. The van der Waals surface area contributed by atoms with E-state index in [-0.39, 0.29) is 5.54 Å². The van der Waals surface area contributed by atoms with E-state index in [0.29, 0.717) is 4.90 Å². The molecule has 1 N–H and O–H groups in total. The number of hydrogen-bond acceptors (Lipinski definition) is 5. The summed E-state index contributed by atoms with van der Waals surface area (Å²) >= 11 is 1.59. The van der Waals surface area contributed by atoms with Crippen molar-refractivity contribution in [2.24, 2.45) is 0 Å². The van der Waals surface area contributed by atoms with Gasteiger partial charge in [-0.3, -0.25) is 0 Å². The summed E-state index contributed by atoms with van der Waals surface area (Å²) in [6.07, 6.45) is 2.98. The Bertz CT molecular complexity index is 644. The van der Waals surface area contributed by atoms with Crippen molar-refractivity contribution in [2.45, 2.75) is 24.3 Å². The molecule has 102 valence electrons. The molecular formula is C13H16N2O2S2. The molecule has 19 heavy (non-hydrogen) atoms. The molecule has 0 aliphatic carbocycles. The van der Waals surface area contributed by atoms with Gasteiger partial charge in [-0.15, -0.1) is 11.3 Å². The molecular weight excluding hydrogens is 280 g/mol. The lowest BCUT2D eigenvalue weighted by Crippen LogP contribution is -2.27. The summed E-state index contributed by atoms with van der Waals surface area (Å²) < 4.78 is 22.8. The monoisotopic (exact) mass is 296 g/mol. The second-order valence-electron chi connectivity index (χ2n) is 4.88. The van der Waals surface area contributed by atoms with Crippen LogP contribution in [0.2, 0.25) is 0 Å². The number of nitrogens with one attached hydrogen (secondary N) is 1. The van der Waals surface area contributed by atoms with Gasteiger partial charge in [0.2, 0.25) is 0 Å². The first-order chi connectivity index (χ1) is 8.79. The Kier molecular flexibility index (Phi) is 3.64. The van der Waals surface area contributed by atoms with Crippen molar-refractivity contribution in [2.75, 3.05) is 11.6 Å². The topological polar surface area (TPSA) is 59.1 Å². The Labute approximate surface area is 117 Å². The van der Waals surface area contributed by atoms with Crippen LogP contribution in [-0.4, -0.2) is 19.7 Å². The third-order valence-corrected chi connectivity index (χ3v) is 4.93. The van der Waals surface area contributed by atoms with E-state index in [9.17, 15) is 8.42 Å². The average molecular weight is 296 g/mol. The smallest absolute Gasteiger partial charge is 0.175 e. The summed E-state index contributed by atoms with van der Waals surface area (Å²) in [6.45, 7) is 4.08. The predicted molar refractivity (Wildman–Crippen MR) is 78.3 cm³/mol. The fourth-order valence-electron chi connectivity index (χ4n) is 1.73. The number of nitrogens with zero attached hydrogens (tertiary/aromatic N) is 1. The molecule has 2 rings (SSSR count). The SMILES string of the molecule is CC(C)(Nc1ccc(S(C)(=O)=O)cc1)c1nccs1. The van der Waals surface area contributed by atoms with Crippen LogP contribution in [0.4, 0.5) is 5.69 Å². The highest BCUT2D eigenvalue weighted by atomic mass is 32.2. The van der Waals surface area contributed by atoms with Gasteiger partial charge in [0.15, 0.2) is 9.84 Å². The summed E-state index contributed by atoms with van der Waals surface area (Å²) in [6, 6.07) is 6.75. The molecule has 4 nitrogen and oxygen atoms in total. The molecule has 1 heterocycles. The van der Waals surface area contributed by atoms with Crippen molar-refractivity contribution >= 4 is 26.9 Å². The molecule has 0 atom stereocenters. The number of benzene rings is 1. The van der Waals surface area contributed by atoms with E-state index in [4.69, 9.17) is 0 Å². The van der Waals surface area contributed by atoms with Crippen LogP contribution in [0.5, 0.6) is 0 Å². The summed E-state index contributed by atoms with van der Waals surface area (Å²) in [5, 5.41) is 6.27. The Morgan fingerprint density at radius 2 is 1.84 bits per heavy atom. The lowest BCUT2D eigenvalue weighted by Gasteiger charge is -2.25. The molecule has 0 fully saturated rings.